The molecular weight excluding hydrogens is 226 g/mol. The minimum absolute atomic E-state index is 0.411. The number of nitriles is 1. The largest absolute Gasteiger partial charge is 0.490 e. The Morgan fingerprint density at radius 3 is 2.67 bits per heavy atom. The summed E-state index contributed by atoms with van der Waals surface area (Å²) in [7, 11) is 0. The van der Waals surface area contributed by atoms with E-state index in [1.54, 1.807) is 6.07 Å². The average molecular weight is 245 g/mol. The number of hydrogen-bond donors (Lipinski definition) is 0. The fraction of sp³-hybridized carbons (Fsp3) is 0.533. The van der Waals surface area contributed by atoms with Crippen molar-refractivity contribution in [2.45, 2.75) is 38.2 Å². The summed E-state index contributed by atoms with van der Waals surface area (Å²) in [5.74, 6) is 0.646. The van der Waals surface area contributed by atoms with Gasteiger partial charge in [0.15, 0.2) is 0 Å². The minimum atomic E-state index is 0.411. The maximum absolute atomic E-state index is 8.92. The predicted molar refractivity (Wildman–Crippen MR) is 69.5 cm³/mol. The van der Waals surface area contributed by atoms with Crippen molar-refractivity contribution in [2.24, 2.45) is 0 Å². The number of benzene rings is 1. The molecule has 0 unspecified atom stereocenters. The second kappa shape index (κ2) is 7.03. The molecule has 0 radical (unpaired) electrons. The van der Waals surface area contributed by atoms with E-state index in [0.717, 1.165) is 0 Å². The highest BCUT2D eigenvalue weighted by Gasteiger charge is 2.13. The lowest BCUT2D eigenvalue weighted by atomic mass is 9.98. The maximum Gasteiger partial charge on any atom is 0.137 e. The molecule has 0 N–H and O–H groups in total. The van der Waals surface area contributed by atoms with Gasteiger partial charge in [-0.2, -0.15) is 5.26 Å². The zero-order valence-electron chi connectivity index (χ0n) is 10.6. The topological polar surface area (TPSA) is 42.2 Å². The Bertz CT molecular complexity index is 405. The number of ether oxygens (including phenoxy) is 2. The molecule has 0 spiro atoms. The standard InChI is InChI=1S/C15H19NO2/c16-12-13-6-4-5-9-15(13)18-11-10-17-14-7-2-1-3-8-14/h4-6,9,14H,1-3,7-8,10-11H2. The maximum atomic E-state index is 8.92. The molecule has 1 saturated carbocycles. The van der Waals surface area contributed by atoms with Gasteiger partial charge in [0.1, 0.15) is 18.4 Å². The summed E-state index contributed by atoms with van der Waals surface area (Å²) in [4.78, 5) is 0. The van der Waals surface area contributed by atoms with Crippen molar-refractivity contribution in [3.63, 3.8) is 0 Å². The molecule has 0 aromatic heterocycles. The van der Waals surface area contributed by atoms with Crippen LogP contribution in [0.4, 0.5) is 0 Å². The van der Waals surface area contributed by atoms with Gasteiger partial charge in [0.2, 0.25) is 0 Å². The van der Waals surface area contributed by atoms with E-state index < -0.39 is 0 Å². The van der Waals surface area contributed by atoms with Crippen molar-refractivity contribution < 1.29 is 9.47 Å². The van der Waals surface area contributed by atoms with Gasteiger partial charge < -0.3 is 9.47 Å². The molecule has 96 valence electrons. The number of nitrogens with zero attached hydrogens (tertiary/aromatic N) is 1. The smallest absolute Gasteiger partial charge is 0.137 e. The monoisotopic (exact) mass is 245 g/mol. The summed E-state index contributed by atoms with van der Waals surface area (Å²) in [5, 5.41) is 8.92. The minimum Gasteiger partial charge on any atom is -0.490 e. The van der Waals surface area contributed by atoms with Crippen molar-refractivity contribution in [1.29, 1.82) is 5.26 Å². The van der Waals surface area contributed by atoms with Gasteiger partial charge in [0, 0.05) is 0 Å². The summed E-state index contributed by atoms with van der Waals surface area (Å²) in [5.41, 5.74) is 0.579. The first-order chi connectivity index (χ1) is 8.90. The average Bonchev–Trinajstić information content (AvgIpc) is 2.45. The summed E-state index contributed by atoms with van der Waals surface area (Å²) in [6, 6.07) is 9.41. The normalized spacial score (nSPS) is 16.2. The van der Waals surface area contributed by atoms with Crippen LogP contribution in [0.2, 0.25) is 0 Å². The van der Waals surface area contributed by atoms with Crippen molar-refractivity contribution in [3.8, 4) is 11.8 Å². The summed E-state index contributed by atoms with van der Waals surface area (Å²) in [6.45, 7) is 1.11. The Balaban J connectivity index is 1.70. The van der Waals surface area contributed by atoms with Crippen LogP contribution < -0.4 is 4.74 Å². The van der Waals surface area contributed by atoms with Crippen LogP contribution >= 0.6 is 0 Å². The van der Waals surface area contributed by atoms with Gasteiger partial charge in [-0.05, 0) is 25.0 Å². The van der Waals surface area contributed by atoms with E-state index in [1.807, 2.05) is 18.2 Å². The molecule has 0 amide bonds. The van der Waals surface area contributed by atoms with Crippen LogP contribution in [0, 0.1) is 11.3 Å². The Morgan fingerprint density at radius 2 is 1.89 bits per heavy atom. The molecule has 1 aliphatic rings. The SMILES string of the molecule is N#Cc1ccccc1OCCOC1CCCCC1. The van der Waals surface area contributed by atoms with Crippen molar-refractivity contribution in [1.82, 2.24) is 0 Å². The van der Waals surface area contributed by atoms with Crippen LogP contribution in [-0.2, 0) is 4.74 Å². The molecule has 0 heterocycles. The Kier molecular flexibility index (Phi) is 5.04. The third-order valence-electron chi connectivity index (χ3n) is 3.25. The highest BCUT2D eigenvalue weighted by molar-refractivity contribution is 5.42. The van der Waals surface area contributed by atoms with Crippen LogP contribution in [0.3, 0.4) is 0 Å². The van der Waals surface area contributed by atoms with Gasteiger partial charge >= 0.3 is 0 Å². The molecule has 1 aliphatic carbocycles. The van der Waals surface area contributed by atoms with E-state index in [0.29, 0.717) is 30.6 Å². The molecule has 0 aliphatic heterocycles. The first-order valence-electron chi connectivity index (χ1n) is 6.63. The molecule has 3 nitrogen and oxygen atoms in total. The van der Waals surface area contributed by atoms with Gasteiger partial charge in [0.25, 0.3) is 0 Å². The fourth-order valence-corrected chi connectivity index (χ4v) is 2.28. The van der Waals surface area contributed by atoms with Gasteiger partial charge in [-0.3, -0.25) is 0 Å². The van der Waals surface area contributed by atoms with Gasteiger partial charge in [-0.25, -0.2) is 0 Å². The molecule has 3 heteroatoms. The zero-order valence-corrected chi connectivity index (χ0v) is 10.6. The predicted octanol–water partition coefficient (Wildman–Crippen LogP) is 3.29. The Labute approximate surface area is 108 Å². The summed E-state index contributed by atoms with van der Waals surface area (Å²) >= 11 is 0. The van der Waals surface area contributed by atoms with E-state index in [1.165, 1.54) is 32.1 Å². The van der Waals surface area contributed by atoms with E-state index in [2.05, 4.69) is 6.07 Å². The molecule has 18 heavy (non-hydrogen) atoms. The molecule has 0 atom stereocenters. The molecule has 0 bridgehead atoms. The molecule has 1 fully saturated rings. The van der Waals surface area contributed by atoms with Crippen LogP contribution in [0.1, 0.15) is 37.7 Å². The fourth-order valence-electron chi connectivity index (χ4n) is 2.28. The van der Waals surface area contributed by atoms with Crippen LogP contribution in [-0.4, -0.2) is 19.3 Å². The van der Waals surface area contributed by atoms with Gasteiger partial charge in [0.05, 0.1) is 18.3 Å². The van der Waals surface area contributed by atoms with Crippen LogP contribution in [0.5, 0.6) is 5.75 Å². The Morgan fingerprint density at radius 1 is 1.11 bits per heavy atom. The molecule has 0 saturated heterocycles. The quantitative estimate of drug-likeness (QED) is 0.747. The van der Waals surface area contributed by atoms with Crippen molar-refractivity contribution in [3.05, 3.63) is 29.8 Å². The van der Waals surface area contributed by atoms with Gasteiger partial charge in [-0.1, -0.05) is 31.4 Å². The second-order valence-corrected chi connectivity index (χ2v) is 4.59. The lowest BCUT2D eigenvalue weighted by Crippen LogP contribution is -2.19. The molecular formula is C15H19NO2. The van der Waals surface area contributed by atoms with Crippen LogP contribution in [0.25, 0.3) is 0 Å². The highest BCUT2D eigenvalue weighted by Crippen LogP contribution is 2.20. The van der Waals surface area contributed by atoms with Gasteiger partial charge in [-0.15, -0.1) is 0 Å². The van der Waals surface area contributed by atoms with Crippen molar-refractivity contribution >= 4 is 0 Å². The second-order valence-electron chi connectivity index (χ2n) is 4.59. The molecule has 1 aromatic rings. The van der Waals surface area contributed by atoms with Crippen LogP contribution in [0.15, 0.2) is 24.3 Å². The molecule has 1 aromatic carbocycles. The first-order valence-corrected chi connectivity index (χ1v) is 6.63. The summed E-state index contributed by atoms with van der Waals surface area (Å²) < 4.78 is 11.3. The zero-order chi connectivity index (χ0) is 12.6. The lowest BCUT2D eigenvalue weighted by Gasteiger charge is -2.22. The number of hydrogen-bond acceptors (Lipinski definition) is 3. The third kappa shape index (κ3) is 3.75. The third-order valence-corrected chi connectivity index (χ3v) is 3.25. The first kappa shape index (κ1) is 12.9. The highest BCUT2D eigenvalue weighted by atomic mass is 16.5. The summed E-state index contributed by atoms with van der Waals surface area (Å²) in [6.07, 6.45) is 6.66. The van der Waals surface area contributed by atoms with E-state index >= 15 is 0 Å². The van der Waals surface area contributed by atoms with Crippen molar-refractivity contribution in [2.75, 3.05) is 13.2 Å². The number of rotatable bonds is 5. The molecule has 2 rings (SSSR count). The lowest BCUT2D eigenvalue weighted by molar-refractivity contribution is 0.0129. The number of para-hydroxylation sites is 1. The Hall–Kier alpha value is -1.53. The van der Waals surface area contributed by atoms with E-state index in [-0.39, 0.29) is 0 Å². The van der Waals surface area contributed by atoms with E-state index in [4.69, 9.17) is 14.7 Å². The van der Waals surface area contributed by atoms with E-state index in [9.17, 15) is 0 Å².